The van der Waals surface area contributed by atoms with E-state index in [0.29, 0.717) is 11.7 Å². The molecule has 1 aromatic carbocycles. The SMILES string of the molecule is CCc1sc(NC(=O)C(C)CN)nc1-c1ccc(OC)cc1.Cl. The van der Waals surface area contributed by atoms with Crippen LogP contribution < -0.4 is 15.8 Å². The molecule has 23 heavy (non-hydrogen) atoms. The van der Waals surface area contributed by atoms with Gasteiger partial charge in [0.15, 0.2) is 5.13 Å². The highest BCUT2D eigenvalue weighted by Crippen LogP contribution is 2.32. The second-order valence-electron chi connectivity index (χ2n) is 5.00. The highest BCUT2D eigenvalue weighted by Gasteiger charge is 2.16. The molecule has 1 aromatic heterocycles. The number of hydrogen-bond donors (Lipinski definition) is 2. The van der Waals surface area contributed by atoms with Crippen LogP contribution in [-0.2, 0) is 11.2 Å². The first-order valence-electron chi connectivity index (χ1n) is 7.24. The van der Waals surface area contributed by atoms with Crippen molar-refractivity contribution in [3.8, 4) is 17.0 Å². The smallest absolute Gasteiger partial charge is 0.230 e. The highest BCUT2D eigenvalue weighted by molar-refractivity contribution is 7.16. The van der Waals surface area contributed by atoms with Crippen LogP contribution in [-0.4, -0.2) is 24.5 Å². The summed E-state index contributed by atoms with van der Waals surface area (Å²) in [6, 6.07) is 7.76. The minimum atomic E-state index is -0.224. The fourth-order valence-corrected chi connectivity index (χ4v) is 2.88. The molecule has 1 unspecified atom stereocenters. The van der Waals surface area contributed by atoms with Gasteiger partial charge in [-0.05, 0) is 30.7 Å². The zero-order valence-electron chi connectivity index (χ0n) is 13.5. The van der Waals surface area contributed by atoms with E-state index in [-0.39, 0.29) is 24.2 Å². The Morgan fingerprint density at radius 1 is 1.39 bits per heavy atom. The lowest BCUT2D eigenvalue weighted by molar-refractivity contribution is -0.119. The molecule has 3 N–H and O–H groups in total. The average Bonchev–Trinajstić information content (AvgIpc) is 2.96. The quantitative estimate of drug-likeness (QED) is 0.833. The number of amides is 1. The largest absolute Gasteiger partial charge is 0.497 e. The minimum Gasteiger partial charge on any atom is -0.497 e. The van der Waals surface area contributed by atoms with Crippen LogP contribution in [0.2, 0.25) is 0 Å². The Hall–Kier alpha value is -1.63. The van der Waals surface area contributed by atoms with Crippen molar-refractivity contribution in [2.24, 2.45) is 11.7 Å². The Morgan fingerprint density at radius 2 is 2.04 bits per heavy atom. The first kappa shape index (κ1) is 19.4. The molecule has 0 aliphatic carbocycles. The van der Waals surface area contributed by atoms with Crippen molar-refractivity contribution < 1.29 is 9.53 Å². The fraction of sp³-hybridized carbons (Fsp3) is 0.375. The monoisotopic (exact) mass is 355 g/mol. The maximum atomic E-state index is 11.9. The Kier molecular flexibility index (Phi) is 7.48. The number of ether oxygens (including phenoxy) is 1. The normalized spacial score (nSPS) is 11.5. The number of nitrogens with one attached hydrogen (secondary N) is 1. The molecule has 2 aromatic rings. The van der Waals surface area contributed by atoms with Crippen molar-refractivity contribution in [2.45, 2.75) is 20.3 Å². The second kappa shape index (κ2) is 8.86. The third-order valence-electron chi connectivity index (χ3n) is 3.41. The van der Waals surface area contributed by atoms with Gasteiger partial charge in [-0.15, -0.1) is 23.7 Å². The summed E-state index contributed by atoms with van der Waals surface area (Å²) in [5.74, 6) is 0.487. The Balaban J connectivity index is 0.00000264. The molecule has 1 amide bonds. The number of halogens is 1. The topological polar surface area (TPSA) is 77.2 Å². The van der Waals surface area contributed by atoms with Gasteiger partial charge in [0.2, 0.25) is 5.91 Å². The van der Waals surface area contributed by atoms with Crippen LogP contribution in [0.5, 0.6) is 5.75 Å². The van der Waals surface area contributed by atoms with Crippen molar-refractivity contribution in [3.05, 3.63) is 29.1 Å². The molecule has 126 valence electrons. The van der Waals surface area contributed by atoms with Crippen molar-refractivity contribution in [3.63, 3.8) is 0 Å². The van der Waals surface area contributed by atoms with Crippen LogP contribution in [0.25, 0.3) is 11.3 Å². The molecule has 0 bridgehead atoms. The van der Waals surface area contributed by atoms with Gasteiger partial charge in [-0.1, -0.05) is 13.8 Å². The Morgan fingerprint density at radius 3 is 2.57 bits per heavy atom. The average molecular weight is 356 g/mol. The number of hydrogen-bond acceptors (Lipinski definition) is 5. The zero-order valence-corrected chi connectivity index (χ0v) is 15.1. The number of thiazole rings is 1. The number of aryl methyl sites for hydroxylation is 1. The zero-order chi connectivity index (χ0) is 16.1. The number of carbonyl (C=O) groups is 1. The van der Waals surface area contributed by atoms with Gasteiger partial charge >= 0.3 is 0 Å². The van der Waals surface area contributed by atoms with E-state index in [1.807, 2.05) is 24.3 Å². The number of nitrogens with zero attached hydrogens (tertiary/aromatic N) is 1. The summed E-state index contributed by atoms with van der Waals surface area (Å²) in [5.41, 5.74) is 7.44. The Labute approximate surface area is 146 Å². The van der Waals surface area contributed by atoms with Crippen LogP contribution in [0.1, 0.15) is 18.7 Å². The fourth-order valence-electron chi connectivity index (χ4n) is 1.95. The summed E-state index contributed by atoms with van der Waals surface area (Å²) < 4.78 is 5.17. The van der Waals surface area contributed by atoms with Gasteiger partial charge in [-0.25, -0.2) is 4.98 Å². The van der Waals surface area contributed by atoms with Crippen molar-refractivity contribution in [1.29, 1.82) is 0 Å². The third-order valence-corrected chi connectivity index (χ3v) is 4.53. The van der Waals surface area contributed by atoms with E-state index >= 15 is 0 Å². The van der Waals surface area contributed by atoms with Crippen LogP contribution in [0.15, 0.2) is 24.3 Å². The first-order chi connectivity index (χ1) is 10.6. The molecular formula is C16H22ClN3O2S. The van der Waals surface area contributed by atoms with Crippen LogP contribution >= 0.6 is 23.7 Å². The minimum absolute atomic E-state index is 0. The second-order valence-corrected chi connectivity index (χ2v) is 6.08. The predicted octanol–water partition coefficient (Wildman–Crippen LogP) is 3.34. The highest BCUT2D eigenvalue weighted by atomic mass is 35.5. The standard InChI is InChI=1S/C16H21N3O2S.ClH/c1-4-13-14(11-5-7-12(21-3)8-6-11)18-16(22-13)19-15(20)10(2)9-17;/h5-8,10H,4,9,17H2,1-3H3,(H,18,19,20);1H. The molecule has 0 radical (unpaired) electrons. The maximum absolute atomic E-state index is 11.9. The molecule has 0 saturated carbocycles. The summed E-state index contributed by atoms with van der Waals surface area (Å²) in [6.07, 6.45) is 0.862. The lowest BCUT2D eigenvalue weighted by atomic mass is 10.1. The maximum Gasteiger partial charge on any atom is 0.230 e. The molecule has 0 saturated heterocycles. The van der Waals surface area contributed by atoms with E-state index in [4.69, 9.17) is 10.5 Å². The molecule has 2 rings (SSSR count). The summed E-state index contributed by atoms with van der Waals surface area (Å²) in [5, 5.41) is 3.46. The number of carbonyl (C=O) groups excluding carboxylic acids is 1. The summed E-state index contributed by atoms with van der Waals surface area (Å²) in [4.78, 5) is 17.6. The van der Waals surface area contributed by atoms with Gasteiger partial charge in [-0.2, -0.15) is 0 Å². The van der Waals surface area contributed by atoms with E-state index in [2.05, 4.69) is 17.2 Å². The number of nitrogens with two attached hydrogens (primary N) is 1. The van der Waals surface area contributed by atoms with Gasteiger partial charge in [0.1, 0.15) is 5.75 Å². The number of aromatic nitrogens is 1. The molecular weight excluding hydrogens is 334 g/mol. The molecule has 0 aliphatic rings. The number of methoxy groups -OCH3 is 1. The number of anilines is 1. The lowest BCUT2D eigenvalue weighted by Crippen LogP contribution is -2.26. The number of benzene rings is 1. The molecule has 7 heteroatoms. The summed E-state index contributed by atoms with van der Waals surface area (Å²) in [7, 11) is 1.64. The molecule has 1 heterocycles. The Bertz CT molecular complexity index is 643. The van der Waals surface area contributed by atoms with E-state index in [0.717, 1.165) is 28.3 Å². The molecule has 0 fully saturated rings. The summed E-state index contributed by atoms with van der Waals surface area (Å²) >= 11 is 1.51. The van der Waals surface area contributed by atoms with Crippen molar-refractivity contribution >= 4 is 34.8 Å². The third kappa shape index (κ3) is 4.67. The van der Waals surface area contributed by atoms with E-state index < -0.39 is 0 Å². The van der Waals surface area contributed by atoms with Gasteiger partial charge in [0.25, 0.3) is 0 Å². The van der Waals surface area contributed by atoms with E-state index in [1.165, 1.54) is 11.3 Å². The molecule has 5 nitrogen and oxygen atoms in total. The predicted molar refractivity (Wildman–Crippen MR) is 97.6 cm³/mol. The molecule has 0 spiro atoms. The van der Waals surface area contributed by atoms with E-state index in [9.17, 15) is 4.79 Å². The van der Waals surface area contributed by atoms with Crippen LogP contribution in [0.4, 0.5) is 5.13 Å². The van der Waals surface area contributed by atoms with Gasteiger partial charge in [0.05, 0.1) is 12.8 Å². The van der Waals surface area contributed by atoms with E-state index in [1.54, 1.807) is 14.0 Å². The lowest BCUT2D eigenvalue weighted by Gasteiger charge is -2.06. The molecule has 0 aliphatic heterocycles. The van der Waals surface area contributed by atoms with Gasteiger partial charge in [0, 0.05) is 22.9 Å². The van der Waals surface area contributed by atoms with Gasteiger partial charge < -0.3 is 15.8 Å². The first-order valence-corrected chi connectivity index (χ1v) is 8.05. The van der Waals surface area contributed by atoms with Crippen LogP contribution in [0.3, 0.4) is 0 Å². The van der Waals surface area contributed by atoms with Crippen LogP contribution in [0, 0.1) is 5.92 Å². The van der Waals surface area contributed by atoms with Crippen molar-refractivity contribution in [1.82, 2.24) is 4.98 Å². The summed E-state index contributed by atoms with van der Waals surface area (Å²) in [6.45, 7) is 4.20. The van der Waals surface area contributed by atoms with Crippen molar-refractivity contribution in [2.75, 3.05) is 19.0 Å². The van der Waals surface area contributed by atoms with Gasteiger partial charge in [-0.3, -0.25) is 4.79 Å². The molecule has 1 atom stereocenters. The number of rotatable bonds is 6.